The summed E-state index contributed by atoms with van der Waals surface area (Å²) in [4.78, 5) is 12.1. The van der Waals surface area contributed by atoms with Crippen molar-refractivity contribution in [3.8, 4) is 17.3 Å². The van der Waals surface area contributed by atoms with Gasteiger partial charge in [-0.15, -0.1) is 0 Å². The molecule has 0 aliphatic carbocycles. The van der Waals surface area contributed by atoms with Crippen LogP contribution in [0.2, 0.25) is 0 Å². The molecule has 11 nitrogen and oxygen atoms in total. The highest BCUT2D eigenvalue weighted by molar-refractivity contribution is 6.23. The Hall–Kier alpha value is -4.46. The third kappa shape index (κ3) is 6.54. The van der Waals surface area contributed by atoms with E-state index in [1.807, 2.05) is 12.1 Å². The van der Waals surface area contributed by atoms with Crippen LogP contribution in [0.25, 0.3) is 17.0 Å². The molecular weight excluding hydrogens is 467 g/mol. The second kappa shape index (κ2) is 11.1. The molecule has 0 aliphatic rings. The fourth-order valence-corrected chi connectivity index (χ4v) is 2.88. The van der Waals surface area contributed by atoms with E-state index in [0.29, 0.717) is 41.1 Å². The molecule has 0 saturated heterocycles. The molecule has 184 valence electrons. The Morgan fingerprint density at radius 2 is 1.94 bits per heavy atom. The normalized spacial score (nSPS) is 13.1. The summed E-state index contributed by atoms with van der Waals surface area (Å²) in [6, 6.07) is 9.21. The van der Waals surface area contributed by atoms with Gasteiger partial charge in [-0.05, 0) is 11.6 Å². The predicted octanol–water partition coefficient (Wildman–Crippen LogP) is 1.88. The second-order valence-electron chi connectivity index (χ2n) is 6.95. The Balaban J connectivity index is 1.70. The van der Waals surface area contributed by atoms with Gasteiger partial charge in [-0.2, -0.15) is 23.3 Å². The first-order valence-corrected chi connectivity index (χ1v) is 10.00. The molecule has 14 heteroatoms. The van der Waals surface area contributed by atoms with Crippen molar-refractivity contribution in [2.75, 3.05) is 13.7 Å². The summed E-state index contributed by atoms with van der Waals surface area (Å²) in [5.41, 5.74) is 14.9. The number of alkyl halides is 3. The average molecular weight is 489 g/mol. The minimum atomic E-state index is -4.49. The van der Waals surface area contributed by atoms with Crippen molar-refractivity contribution in [2.24, 2.45) is 27.4 Å². The molecule has 3 aromatic rings. The van der Waals surface area contributed by atoms with Crippen LogP contribution in [0, 0.1) is 0 Å². The van der Waals surface area contributed by atoms with Gasteiger partial charge in [0.15, 0.2) is 0 Å². The Labute approximate surface area is 197 Å². The van der Waals surface area contributed by atoms with Crippen molar-refractivity contribution in [1.82, 2.24) is 20.7 Å². The van der Waals surface area contributed by atoms with Crippen molar-refractivity contribution >= 4 is 17.1 Å². The van der Waals surface area contributed by atoms with E-state index >= 15 is 0 Å². The zero-order chi connectivity index (χ0) is 25.4. The van der Waals surface area contributed by atoms with E-state index in [-0.39, 0.29) is 18.4 Å². The quantitative estimate of drug-likeness (QED) is 0.151. The predicted molar refractivity (Wildman–Crippen MR) is 123 cm³/mol. The zero-order valence-corrected chi connectivity index (χ0v) is 18.5. The molecule has 0 radical (unpaired) electrons. The van der Waals surface area contributed by atoms with Gasteiger partial charge in [-0.25, -0.2) is 16.4 Å². The number of aromatic nitrogens is 3. The number of rotatable bonds is 9. The number of hydrogen-bond donors (Lipinski definition) is 4. The van der Waals surface area contributed by atoms with Crippen LogP contribution in [0.3, 0.4) is 0 Å². The summed E-state index contributed by atoms with van der Waals surface area (Å²) in [5.74, 6) is 5.79. The average Bonchev–Trinajstić information content (AvgIpc) is 3.32. The van der Waals surface area contributed by atoms with Crippen molar-refractivity contribution < 1.29 is 22.4 Å². The maximum absolute atomic E-state index is 12.7. The smallest absolute Gasteiger partial charge is 0.417 e. The number of halogens is 3. The van der Waals surface area contributed by atoms with Crippen LogP contribution in [-0.2, 0) is 12.6 Å². The minimum Gasteiger partial charge on any atom is -0.471 e. The third-order valence-electron chi connectivity index (χ3n) is 4.63. The Kier molecular flexibility index (Phi) is 7.99. The number of benzene rings is 1. The molecule has 2 aromatic heterocycles. The van der Waals surface area contributed by atoms with Gasteiger partial charge < -0.3 is 20.7 Å². The molecule has 0 aliphatic heterocycles. The Morgan fingerprint density at radius 1 is 1.20 bits per heavy atom. The van der Waals surface area contributed by atoms with E-state index in [9.17, 15) is 13.2 Å². The number of nitrogens with two attached hydrogens (primary N) is 3. The SMILES string of the molecule is CN=C(COc1ccc(C(F)(F)F)cn1)/C(=C\N)c1nc(-c2ccc(C/C(N)=N/NN)cc2)no1. The number of nitrogens with one attached hydrogen (secondary N) is 1. The number of hydrazone groups is 1. The van der Waals surface area contributed by atoms with Crippen LogP contribution in [0.5, 0.6) is 5.88 Å². The first-order chi connectivity index (χ1) is 16.7. The monoisotopic (exact) mass is 489 g/mol. The molecule has 3 rings (SSSR count). The first-order valence-electron chi connectivity index (χ1n) is 10.00. The number of ether oxygens (including phenoxy) is 1. The van der Waals surface area contributed by atoms with Crippen molar-refractivity contribution in [3.63, 3.8) is 0 Å². The second-order valence-corrected chi connectivity index (χ2v) is 6.95. The summed E-state index contributed by atoms with van der Waals surface area (Å²) >= 11 is 0. The lowest BCUT2D eigenvalue weighted by molar-refractivity contribution is -0.137. The number of amidine groups is 1. The highest BCUT2D eigenvalue weighted by Crippen LogP contribution is 2.29. The highest BCUT2D eigenvalue weighted by atomic mass is 19.4. The van der Waals surface area contributed by atoms with Gasteiger partial charge in [0, 0.05) is 37.5 Å². The van der Waals surface area contributed by atoms with Crippen LogP contribution >= 0.6 is 0 Å². The number of hydrogen-bond acceptors (Lipinski definition) is 10. The lowest BCUT2D eigenvalue weighted by Gasteiger charge is -2.10. The first kappa shape index (κ1) is 25.2. The Morgan fingerprint density at radius 3 is 2.51 bits per heavy atom. The van der Waals surface area contributed by atoms with Gasteiger partial charge >= 0.3 is 6.18 Å². The number of pyridine rings is 1. The lowest BCUT2D eigenvalue weighted by Crippen LogP contribution is -2.23. The fourth-order valence-electron chi connectivity index (χ4n) is 2.88. The molecule has 0 spiro atoms. The van der Waals surface area contributed by atoms with Crippen LogP contribution < -0.4 is 27.6 Å². The molecule has 0 bridgehead atoms. The summed E-state index contributed by atoms with van der Waals surface area (Å²) < 4.78 is 48.9. The lowest BCUT2D eigenvalue weighted by atomic mass is 10.1. The van der Waals surface area contributed by atoms with Crippen LogP contribution in [-0.4, -0.2) is 40.3 Å². The molecule has 0 atom stereocenters. The van der Waals surface area contributed by atoms with Crippen molar-refractivity contribution in [2.45, 2.75) is 12.6 Å². The maximum atomic E-state index is 12.7. The highest BCUT2D eigenvalue weighted by Gasteiger charge is 2.30. The van der Waals surface area contributed by atoms with Gasteiger partial charge in [0.1, 0.15) is 12.4 Å². The largest absolute Gasteiger partial charge is 0.471 e. The third-order valence-corrected chi connectivity index (χ3v) is 4.63. The van der Waals surface area contributed by atoms with E-state index in [4.69, 9.17) is 26.6 Å². The van der Waals surface area contributed by atoms with Crippen LogP contribution in [0.1, 0.15) is 17.0 Å². The zero-order valence-electron chi connectivity index (χ0n) is 18.5. The van der Waals surface area contributed by atoms with Gasteiger partial charge in [-0.1, -0.05) is 29.4 Å². The molecule has 0 amide bonds. The van der Waals surface area contributed by atoms with Gasteiger partial charge in [0.05, 0.1) is 16.8 Å². The molecule has 0 unspecified atom stereocenters. The molecule has 35 heavy (non-hydrogen) atoms. The summed E-state index contributed by atoms with van der Waals surface area (Å²) in [5, 5.41) is 7.67. The maximum Gasteiger partial charge on any atom is 0.417 e. The standard InChI is InChI=1S/C21H22F3N9O2/c1-28-16(11-34-18-7-6-14(10-29-18)21(22,23)24)15(9-25)20-30-19(32-35-20)13-4-2-12(3-5-13)8-17(26)31-33-27/h2-7,9-10,33H,8,11,25,27H2,1H3,(H2,26,31)/b15-9+,28-16?. The number of hydrazine groups is 1. The van der Waals surface area contributed by atoms with Crippen molar-refractivity contribution in [3.05, 3.63) is 65.8 Å². The molecule has 2 heterocycles. The van der Waals surface area contributed by atoms with E-state index in [1.54, 1.807) is 12.1 Å². The summed E-state index contributed by atoms with van der Waals surface area (Å²) in [7, 11) is 1.49. The van der Waals surface area contributed by atoms with Gasteiger partial charge in [-0.3, -0.25) is 4.99 Å². The number of aliphatic imine (C=N–C) groups is 1. The van der Waals surface area contributed by atoms with E-state index in [1.165, 1.54) is 13.2 Å². The van der Waals surface area contributed by atoms with Gasteiger partial charge in [0.25, 0.3) is 5.89 Å². The van der Waals surface area contributed by atoms with E-state index < -0.39 is 11.7 Å². The molecular formula is C21H22F3N9O2. The number of nitrogens with zero attached hydrogens (tertiary/aromatic N) is 5. The molecule has 1 aromatic carbocycles. The summed E-state index contributed by atoms with van der Waals surface area (Å²) in [6.45, 7) is -0.148. The molecule has 7 N–H and O–H groups in total. The molecule has 0 fully saturated rings. The van der Waals surface area contributed by atoms with E-state index in [2.05, 4.69) is 30.8 Å². The molecule has 0 saturated carbocycles. The van der Waals surface area contributed by atoms with Crippen molar-refractivity contribution in [1.29, 1.82) is 0 Å². The fraction of sp³-hybridized carbons (Fsp3) is 0.190. The topological polar surface area (TPSA) is 176 Å². The van der Waals surface area contributed by atoms with Crippen LogP contribution in [0.4, 0.5) is 13.2 Å². The Bertz CT molecular complexity index is 1220. The minimum absolute atomic E-state index is 0.0187. The summed E-state index contributed by atoms with van der Waals surface area (Å²) in [6.07, 6.45) is -2.19. The van der Waals surface area contributed by atoms with E-state index in [0.717, 1.165) is 17.7 Å². The van der Waals surface area contributed by atoms with Crippen LogP contribution in [0.15, 0.2) is 63.4 Å². The van der Waals surface area contributed by atoms with Gasteiger partial charge in [0.2, 0.25) is 11.7 Å².